The summed E-state index contributed by atoms with van der Waals surface area (Å²) >= 11 is 1.08. The van der Waals surface area contributed by atoms with Gasteiger partial charge in [-0.25, -0.2) is 12.8 Å². The molecule has 0 radical (unpaired) electrons. The topological polar surface area (TPSA) is 97.2 Å². The second-order valence-electron chi connectivity index (χ2n) is 7.11. The van der Waals surface area contributed by atoms with Gasteiger partial charge in [0.1, 0.15) is 12.1 Å². The number of hydrogen-bond donors (Lipinski definition) is 1. The number of nitrogens with zero attached hydrogens (tertiary/aromatic N) is 4. The summed E-state index contributed by atoms with van der Waals surface area (Å²) in [6.07, 6.45) is 1.37. The third-order valence-electron chi connectivity index (χ3n) is 4.86. The molecule has 0 aliphatic rings. The first-order valence-corrected chi connectivity index (χ1v) is 12.5. The molecule has 11 heteroatoms. The minimum atomic E-state index is -3.82. The SMILES string of the molecule is CN(c1ccccc1)S(=O)(=O)c1cccc(NC(=O)CSc2nncn2-c2ccccc2F)c1. The van der Waals surface area contributed by atoms with Crippen molar-refractivity contribution in [2.75, 3.05) is 22.4 Å². The van der Waals surface area contributed by atoms with Gasteiger partial charge in [0.2, 0.25) is 5.91 Å². The van der Waals surface area contributed by atoms with E-state index in [4.69, 9.17) is 0 Å². The predicted molar refractivity (Wildman–Crippen MR) is 129 cm³/mol. The fourth-order valence-electron chi connectivity index (χ4n) is 3.13. The number of sulfonamides is 1. The summed E-state index contributed by atoms with van der Waals surface area (Å²) in [6.45, 7) is 0. The van der Waals surface area contributed by atoms with E-state index < -0.39 is 15.8 Å². The van der Waals surface area contributed by atoms with Gasteiger partial charge in [-0.3, -0.25) is 13.7 Å². The molecule has 34 heavy (non-hydrogen) atoms. The van der Waals surface area contributed by atoms with Crippen LogP contribution in [-0.4, -0.2) is 41.9 Å². The highest BCUT2D eigenvalue weighted by Gasteiger charge is 2.22. The Kier molecular flexibility index (Phi) is 6.94. The van der Waals surface area contributed by atoms with Crippen LogP contribution in [0.4, 0.5) is 15.8 Å². The van der Waals surface area contributed by atoms with Crippen LogP contribution in [0.1, 0.15) is 0 Å². The van der Waals surface area contributed by atoms with Crippen LogP contribution in [0.2, 0.25) is 0 Å². The summed E-state index contributed by atoms with van der Waals surface area (Å²) in [4.78, 5) is 12.6. The van der Waals surface area contributed by atoms with E-state index in [-0.39, 0.29) is 22.2 Å². The highest BCUT2D eigenvalue weighted by Crippen LogP contribution is 2.25. The smallest absolute Gasteiger partial charge is 0.264 e. The highest BCUT2D eigenvalue weighted by molar-refractivity contribution is 7.99. The van der Waals surface area contributed by atoms with E-state index in [2.05, 4.69) is 15.5 Å². The standard InChI is InChI=1S/C23H20FN5O3S2/c1-28(18-9-3-2-4-10-18)34(31,32)19-11-7-8-17(14-19)26-22(30)15-33-23-27-25-16-29(23)21-13-6-5-12-20(21)24/h2-14,16H,15H2,1H3,(H,26,30). The maximum atomic E-state index is 14.1. The number of aromatic nitrogens is 3. The van der Waals surface area contributed by atoms with Crippen molar-refractivity contribution in [2.24, 2.45) is 0 Å². The molecular weight excluding hydrogens is 477 g/mol. The van der Waals surface area contributed by atoms with E-state index in [0.29, 0.717) is 16.5 Å². The van der Waals surface area contributed by atoms with Crippen molar-refractivity contribution in [2.45, 2.75) is 10.1 Å². The van der Waals surface area contributed by atoms with Crippen LogP contribution in [0.25, 0.3) is 5.69 Å². The Morgan fingerprint density at radius 3 is 2.56 bits per heavy atom. The van der Waals surface area contributed by atoms with Crippen LogP contribution in [0.15, 0.2) is 95.2 Å². The number of hydrogen-bond acceptors (Lipinski definition) is 6. The molecule has 1 heterocycles. The van der Waals surface area contributed by atoms with Gasteiger partial charge in [-0.05, 0) is 42.5 Å². The third-order valence-corrected chi connectivity index (χ3v) is 7.58. The molecular formula is C23H20FN5O3S2. The Morgan fingerprint density at radius 2 is 1.79 bits per heavy atom. The fourth-order valence-corrected chi connectivity index (χ4v) is 5.10. The van der Waals surface area contributed by atoms with Crippen LogP contribution < -0.4 is 9.62 Å². The minimum absolute atomic E-state index is 0.0337. The van der Waals surface area contributed by atoms with E-state index >= 15 is 0 Å². The Hall–Kier alpha value is -3.70. The Balaban J connectivity index is 1.44. The summed E-state index contributed by atoms with van der Waals surface area (Å²) in [5.41, 5.74) is 1.13. The Bertz CT molecular complexity index is 1410. The number of carbonyl (C=O) groups excluding carboxylic acids is 1. The molecule has 0 saturated heterocycles. The monoisotopic (exact) mass is 497 g/mol. The van der Waals surface area contributed by atoms with Gasteiger partial charge < -0.3 is 5.32 Å². The lowest BCUT2D eigenvalue weighted by atomic mass is 10.3. The van der Waals surface area contributed by atoms with Crippen LogP contribution in [-0.2, 0) is 14.8 Å². The molecule has 8 nitrogen and oxygen atoms in total. The van der Waals surface area contributed by atoms with Crippen LogP contribution in [0, 0.1) is 5.82 Å². The summed E-state index contributed by atoms with van der Waals surface area (Å²) in [5, 5.41) is 10.8. The average Bonchev–Trinajstić information content (AvgIpc) is 3.31. The van der Waals surface area contributed by atoms with E-state index in [1.54, 1.807) is 60.7 Å². The summed E-state index contributed by atoms with van der Waals surface area (Å²) in [5.74, 6) is -0.847. The molecule has 0 spiro atoms. The number of rotatable bonds is 8. The maximum absolute atomic E-state index is 14.1. The number of amides is 1. The first-order chi connectivity index (χ1) is 16.4. The van der Waals surface area contributed by atoms with Gasteiger partial charge in [0.25, 0.3) is 10.0 Å². The fraction of sp³-hybridized carbons (Fsp3) is 0.0870. The lowest BCUT2D eigenvalue weighted by molar-refractivity contribution is -0.113. The van der Waals surface area contributed by atoms with Gasteiger partial charge in [0.05, 0.1) is 22.0 Å². The number of para-hydroxylation sites is 2. The van der Waals surface area contributed by atoms with Gasteiger partial charge >= 0.3 is 0 Å². The molecule has 0 aliphatic heterocycles. The van der Waals surface area contributed by atoms with Crippen LogP contribution in [0.5, 0.6) is 0 Å². The molecule has 0 aliphatic carbocycles. The lowest BCUT2D eigenvalue weighted by Crippen LogP contribution is -2.26. The molecule has 0 atom stereocenters. The van der Waals surface area contributed by atoms with E-state index in [0.717, 1.165) is 11.8 Å². The number of carbonyl (C=O) groups is 1. The molecule has 1 amide bonds. The zero-order valence-corrected chi connectivity index (χ0v) is 19.6. The molecule has 174 valence electrons. The number of halogens is 1. The van der Waals surface area contributed by atoms with Crippen molar-refractivity contribution in [3.05, 3.63) is 91.0 Å². The van der Waals surface area contributed by atoms with Gasteiger partial charge in [0, 0.05) is 12.7 Å². The van der Waals surface area contributed by atoms with Crippen molar-refractivity contribution in [1.29, 1.82) is 0 Å². The number of benzene rings is 3. The van der Waals surface area contributed by atoms with Crippen molar-refractivity contribution >= 4 is 39.1 Å². The van der Waals surface area contributed by atoms with Crippen molar-refractivity contribution in [3.63, 3.8) is 0 Å². The second kappa shape index (κ2) is 10.1. The molecule has 0 saturated carbocycles. The minimum Gasteiger partial charge on any atom is -0.325 e. The molecule has 0 bridgehead atoms. The van der Waals surface area contributed by atoms with Crippen LogP contribution in [0.3, 0.4) is 0 Å². The molecule has 1 aromatic heterocycles. The summed E-state index contributed by atoms with van der Waals surface area (Å²) < 4.78 is 42.8. The molecule has 1 N–H and O–H groups in total. The van der Waals surface area contributed by atoms with Gasteiger partial charge in [-0.15, -0.1) is 10.2 Å². The highest BCUT2D eigenvalue weighted by atomic mass is 32.2. The Morgan fingerprint density at radius 1 is 1.06 bits per heavy atom. The Labute approximate surface area is 200 Å². The van der Waals surface area contributed by atoms with Crippen LogP contribution >= 0.6 is 11.8 Å². The maximum Gasteiger partial charge on any atom is 0.264 e. The summed E-state index contributed by atoms with van der Waals surface area (Å²) in [7, 11) is -2.35. The lowest BCUT2D eigenvalue weighted by Gasteiger charge is -2.19. The molecule has 4 aromatic rings. The first kappa shape index (κ1) is 23.5. The molecule has 0 fully saturated rings. The molecule has 4 rings (SSSR count). The van der Waals surface area contributed by atoms with Crippen molar-refractivity contribution in [3.8, 4) is 5.69 Å². The number of thioether (sulfide) groups is 1. The van der Waals surface area contributed by atoms with E-state index in [9.17, 15) is 17.6 Å². The second-order valence-corrected chi connectivity index (χ2v) is 10.0. The number of anilines is 2. The first-order valence-electron chi connectivity index (χ1n) is 10.1. The quantitative estimate of drug-likeness (QED) is 0.370. The zero-order valence-electron chi connectivity index (χ0n) is 18.0. The van der Waals surface area contributed by atoms with Crippen molar-refractivity contribution in [1.82, 2.24) is 14.8 Å². The average molecular weight is 498 g/mol. The van der Waals surface area contributed by atoms with Gasteiger partial charge in [0.15, 0.2) is 5.16 Å². The van der Waals surface area contributed by atoms with Gasteiger partial charge in [-0.1, -0.05) is 48.2 Å². The third kappa shape index (κ3) is 5.10. The summed E-state index contributed by atoms with van der Waals surface area (Å²) in [6, 6.07) is 20.9. The van der Waals surface area contributed by atoms with E-state index in [1.807, 2.05) is 0 Å². The molecule has 3 aromatic carbocycles. The zero-order chi connectivity index (χ0) is 24.1. The largest absolute Gasteiger partial charge is 0.325 e. The normalized spacial score (nSPS) is 11.2. The number of nitrogens with one attached hydrogen (secondary N) is 1. The molecule has 0 unspecified atom stereocenters. The van der Waals surface area contributed by atoms with Gasteiger partial charge in [-0.2, -0.15) is 0 Å². The predicted octanol–water partition coefficient (Wildman–Crippen LogP) is 3.96. The van der Waals surface area contributed by atoms with E-state index in [1.165, 1.54) is 40.4 Å². The van der Waals surface area contributed by atoms with Crippen molar-refractivity contribution < 1.29 is 17.6 Å².